The minimum atomic E-state index is -0.137. The molecule has 0 saturated heterocycles. The first-order valence-corrected chi connectivity index (χ1v) is 5.52. The molecular formula is C13H13ClN2. The molecule has 2 nitrogen and oxygen atoms in total. The van der Waals surface area contributed by atoms with E-state index in [1.54, 1.807) is 6.08 Å². The van der Waals surface area contributed by atoms with Gasteiger partial charge in [-0.05, 0) is 18.6 Å². The summed E-state index contributed by atoms with van der Waals surface area (Å²) < 4.78 is 0. The first-order chi connectivity index (χ1) is 7.72. The summed E-state index contributed by atoms with van der Waals surface area (Å²) in [5.41, 5.74) is 7.77. The molecule has 1 atom stereocenters. The van der Waals surface area contributed by atoms with Gasteiger partial charge in [0.05, 0.1) is 5.52 Å². The molecule has 1 aromatic carbocycles. The van der Waals surface area contributed by atoms with Gasteiger partial charge in [0, 0.05) is 17.0 Å². The van der Waals surface area contributed by atoms with Crippen molar-refractivity contribution in [3.8, 4) is 0 Å². The summed E-state index contributed by atoms with van der Waals surface area (Å²) in [6.07, 6.45) is 2.48. The van der Waals surface area contributed by atoms with Gasteiger partial charge in [-0.3, -0.25) is 0 Å². The van der Waals surface area contributed by atoms with Crippen LogP contribution < -0.4 is 5.73 Å². The molecule has 0 aliphatic rings. The Morgan fingerprint density at radius 2 is 2.19 bits per heavy atom. The lowest BCUT2D eigenvalue weighted by Gasteiger charge is -2.12. The van der Waals surface area contributed by atoms with E-state index in [0.29, 0.717) is 11.6 Å². The second kappa shape index (κ2) is 4.64. The van der Waals surface area contributed by atoms with Crippen LogP contribution in [0.2, 0.25) is 5.15 Å². The maximum atomic E-state index is 6.11. The summed E-state index contributed by atoms with van der Waals surface area (Å²) in [7, 11) is 0. The van der Waals surface area contributed by atoms with Gasteiger partial charge < -0.3 is 5.73 Å². The van der Waals surface area contributed by atoms with Gasteiger partial charge in [0.25, 0.3) is 0 Å². The third-order valence-electron chi connectivity index (χ3n) is 2.52. The first-order valence-electron chi connectivity index (χ1n) is 5.14. The standard InChI is InChI=1S/C13H13ClN2/c1-2-5-11(15)10-8-9-6-3-4-7-12(9)16-13(10)14/h2-4,6-8,11H,1,5,15H2/t11-/m1/s1. The number of rotatable bonds is 3. The van der Waals surface area contributed by atoms with E-state index in [1.807, 2.05) is 30.3 Å². The maximum absolute atomic E-state index is 6.11. The third kappa shape index (κ3) is 2.08. The van der Waals surface area contributed by atoms with Crippen LogP contribution in [-0.2, 0) is 0 Å². The zero-order chi connectivity index (χ0) is 11.5. The molecule has 0 aliphatic heterocycles. The molecular weight excluding hydrogens is 220 g/mol. The van der Waals surface area contributed by atoms with Gasteiger partial charge in [0.1, 0.15) is 5.15 Å². The summed E-state index contributed by atoms with van der Waals surface area (Å²) >= 11 is 6.11. The van der Waals surface area contributed by atoms with Gasteiger partial charge in [-0.2, -0.15) is 0 Å². The number of nitrogens with two attached hydrogens (primary N) is 1. The molecule has 82 valence electrons. The fraction of sp³-hybridized carbons (Fsp3) is 0.154. The highest BCUT2D eigenvalue weighted by Crippen LogP contribution is 2.26. The Labute approximate surface area is 99.7 Å². The topological polar surface area (TPSA) is 38.9 Å². The lowest BCUT2D eigenvalue weighted by molar-refractivity contribution is 0.740. The Balaban J connectivity index is 2.53. The average molecular weight is 233 g/mol. The smallest absolute Gasteiger partial charge is 0.134 e. The van der Waals surface area contributed by atoms with Crippen molar-refractivity contribution in [1.29, 1.82) is 0 Å². The molecule has 1 aromatic heterocycles. The molecule has 0 saturated carbocycles. The van der Waals surface area contributed by atoms with Crippen molar-refractivity contribution in [3.05, 3.63) is 53.7 Å². The van der Waals surface area contributed by atoms with Gasteiger partial charge in [-0.1, -0.05) is 35.9 Å². The normalized spacial score (nSPS) is 12.6. The predicted molar refractivity (Wildman–Crippen MR) is 68.5 cm³/mol. The summed E-state index contributed by atoms with van der Waals surface area (Å²) in [6, 6.07) is 9.71. The lowest BCUT2D eigenvalue weighted by atomic mass is 10.0. The van der Waals surface area contributed by atoms with Crippen LogP contribution in [0.4, 0.5) is 0 Å². The van der Waals surface area contributed by atoms with Gasteiger partial charge in [0.2, 0.25) is 0 Å². The number of fused-ring (bicyclic) bond motifs is 1. The van der Waals surface area contributed by atoms with Crippen molar-refractivity contribution in [3.63, 3.8) is 0 Å². The van der Waals surface area contributed by atoms with Gasteiger partial charge in [0.15, 0.2) is 0 Å². The third-order valence-corrected chi connectivity index (χ3v) is 2.83. The van der Waals surface area contributed by atoms with Crippen molar-refractivity contribution in [2.75, 3.05) is 0 Å². The first kappa shape index (κ1) is 11.1. The number of benzene rings is 1. The van der Waals surface area contributed by atoms with E-state index in [-0.39, 0.29) is 6.04 Å². The highest BCUT2D eigenvalue weighted by molar-refractivity contribution is 6.30. The Hall–Kier alpha value is -1.38. The molecule has 0 amide bonds. The van der Waals surface area contributed by atoms with Crippen molar-refractivity contribution >= 4 is 22.5 Å². The second-order valence-corrected chi connectivity index (χ2v) is 4.05. The number of nitrogens with zero attached hydrogens (tertiary/aromatic N) is 1. The molecule has 0 spiro atoms. The molecule has 0 bridgehead atoms. The zero-order valence-electron chi connectivity index (χ0n) is 8.86. The molecule has 2 rings (SSSR count). The number of aromatic nitrogens is 1. The van der Waals surface area contributed by atoms with E-state index in [9.17, 15) is 0 Å². The van der Waals surface area contributed by atoms with Crippen LogP contribution in [0.5, 0.6) is 0 Å². The SMILES string of the molecule is C=CC[C@@H](N)c1cc2ccccc2nc1Cl. The van der Waals surface area contributed by atoms with E-state index in [0.717, 1.165) is 16.5 Å². The Bertz CT molecular complexity index is 522. The number of hydrogen-bond donors (Lipinski definition) is 1. The fourth-order valence-corrected chi connectivity index (χ4v) is 1.96. The Morgan fingerprint density at radius 1 is 1.44 bits per heavy atom. The largest absolute Gasteiger partial charge is 0.324 e. The zero-order valence-corrected chi connectivity index (χ0v) is 9.61. The molecule has 1 heterocycles. The molecule has 0 fully saturated rings. The van der Waals surface area contributed by atoms with Gasteiger partial charge in [-0.15, -0.1) is 6.58 Å². The molecule has 2 aromatic rings. The van der Waals surface area contributed by atoms with Crippen LogP contribution in [0, 0.1) is 0 Å². The molecule has 16 heavy (non-hydrogen) atoms. The minimum Gasteiger partial charge on any atom is -0.324 e. The van der Waals surface area contributed by atoms with Crippen LogP contribution in [0.3, 0.4) is 0 Å². The van der Waals surface area contributed by atoms with Gasteiger partial charge in [-0.25, -0.2) is 4.98 Å². The summed E-state index contributed by atoms with van der Waals surface area (Å²) in [6.45, 7) is 3.67. The van der Waals surface area contributed by atoms with Crippen LogP contribution in [0.15, 0.2) is 43.0 Å². The quantitative estimate of drug-likeness (QED) is 0.650. The summed E-state index contributed by atoms with van der Waals surface area (Å²) in [5.74, 6) is 0. The Morgan fingerprint density at radius 3 is 2.94 bits per heavy atom. The molecule has 0 aliphatic carbocycles. The number of pyridine rings is 1. The van der Waals surface area contributed by atoms with Crippen LogP contribution >= 0.6 is 11.6 Å². The summed E-state index contributed by atoms with van der Waals surface area (Å²) in [4.78, 5) is 4.33. The fourth-order valence-electron chi connectivity index (χ4n) is 1.68. The van der Waals surface area contributed by atoms with Crippen LogP contribution in [0.25, 0.3) is 10.9 Å². The molecule has 3 heteroatoms. The number of para-hydroxylation sites is 1. The predicted octanol–water partition coefficient (Wildman–Crippen LogP) is 3.46. The average Bonchev–Trinajstić information content (AvgIpc) is 2.28. The molecule has 0 unspecified atom stereocenters. The maximum Gasteiger partial charge on any atom is 0.134 e. The monoisotopic (exact) mass is 232 g/mol. The Kier molecular flexibility index (Phi) is 3.22. The van der Waals surface area contributed by atoms with E-state index in [4.69, 9.17) is 17.3 Å². The van der Waals surface area contributed by atoms with Gasteiger partial charge >= 0.3 is 0 Å². The second-order valence-electron chi connectivity index (χ2n) is 3.69. The van der Waals surface area contributed by atoms with E-state index >= 15 is 0 Å². The van der Waals surface area contributed by atoms with Crippen molar-refractivity contribution in [2.24, 2.45) is 5.73 Å². The summed E-state index contributed by atoms with van der Waals surface area (Å²) in [5, 5.41) is 1.54. The van der Waals surface area contributed by atoms with E-state index in [1.165, 1.54) is 0 Å². The van der Waals surface area contributed by atoms with Crippen molar-refractivity contribution < 1.29 is 0 Å². The van der Waals surface area contributed by atoms with E-state index in [2.05, 4.69) is 11.6 Å². The highest BCUT2D eigenvalue weighted by Gasteiger charge is 2.11. The van der Waals surface area contributed by atoms with Crippen LogP contribution in [-0.4, -0.2) is 4.98 Å². The van der Waals surface area contributed by atoms with E-state index < -0.39 is 0 Å². The number of hydrogen-bond acceptors (Lipinski definition) is 2. The minimum absolute atomic E-state index is 0.137. The van der Waals surface area contributed by atoms with Crippen LogP contribution in [0.1, 0.15) is 18.0 Å². The van der Waals surface area contributed by atoms with Crippen molar-refractivity contribution in [2.45, 2.75) is 12.5 Å². The molecule has 2 N–H and O–H groups in total. The van der Waals surface area contributed by atoms with Crippen molar-refractivity contribution in [1.82, 2.24) is 4.98 Å². The molecule has 0 radical (unpaired) electrons. The lowest BCUT2D eigenvalue weighted by Crippen LogP contribution is -2.10. The highest BCUT2D eigenvalue weighted by atomic mass is 35.5. The number of halogens is 1.